The lowest BCUT2D eigenvalue weighted by Gasteiger charge is -2.14. The van der Waals surface area contributed by atoms with Crippen molar-refractivity contribution in [2.45, 2.75) is 19.7 Å². The van der Waals surface area contributed by atoms with Gasteiger partial charge in [0.2, 0.25) is 0 Å². The van der Waals surface area contributed by atoms with Crippen LogP contribution in [-0.4, -0.2) is 29.4 Å². The predicted molar refractivity (Wildman–Crippen MR) is 98.7 cm³/mol. The average molecular weight is 451 g/mol. The molecule has 1 aromatic carbocycles. The van der Waals surface area contributed by atoms with Gasteiger partial charge < -0.3 is 15.4 Å². The molecule has 1 aromatic heterocycles. The van der Waals surface area contributed by atoms with Crippen molar-refractivity contribution in [3.05, 3.63) is 47.8 Å². The number of hydrogen-bond donors (Lipinski definition) is 2. The van der Waals surface area contributed by atoms with E-state index in [2.05, 4.69) is 25.5 Å². The summed E-state index contributed by atoms with van der Waals surface area (Å²) < 4.78 is 31.0. The van der Waals surface area contributed by atoms with E-state index in [0.29, 0.717) is 24.6 Å². The molecule has 2 rings (SSSR count). The zero-order valence-corrected chi connectivity index (χ0v) is 15.7. The molecule has 0 aliphatic rings. The third-order valence-corrected chi connectivity index (χ3v) is 3.08. The number of aliphatic imine (C=N–C) groups is 1. The number of rotatable bonds is 6. The molecule has 0 spiro atoms. The summed E-state index contributed by atoms with van der Waals surface area (Å²) in [4.78, 5) is 4.09. The number of ether oxygens (including phenoxy) is 1. The molecule has 0 fully saturated rings. The second-order valence-corrected chi connectivity index (χ2v) is 4.79. The van der Waals surface area contributed by atoms with Gasteiger partial charge in [-0.1, -0.05) is 18.2 Å². The summed E-state index contributed by atoms with van der Waals surface area (Å²) in [5.74, 6) is 0.707. The van der Waals surface area contributed by atoms with E-state index in [1.165, 1.54) is 6.07 Å². The molecular formula is C15H20F2IN5O. The van der Waals surface area contributed by atoms with Crippen molar-refractivity contribution in [3.63, 3.8) is 0 Å². The molecule has 132 valence electrons. The first-order valence-electron chi connectivity index (χ1n) is 7.03. The molecule has 0 unspecified atom stereocenters. The van der Waals surface area contributed by atoms with E-state index in [9.17, 15) is 8.78 Å². The van der Waals surface area contributed by atoms with Crippen LogP contribution in [0.25, 0.3) is 0 Å². The summed E-state index contributed by atoms with van der Waals surface area (Å²) in [6, 6.07) is 6.64. The van der Waals surface area contributed by atoms with Gasteiger partial charge in [0.05, 0.1) is 6.20 Å². The Morgan fingerprint density at radius 1 is 1.29 bits per heavy atom. The van der Waals surface area contributed by atoms with Gasteiger partial charge in [-0.3, -0.25) is 9.67 Å². The van der Waals surface area contributed by atoms with Crippen LogP contribution >= 0.6 is 24.0 Å². The number of halogens is 3. The SMILES string of the molecule is CN=C(NCc1cnn(C)c1)NCc1ccccc1OC(F)F.I. The Morgan fingerprint density at radius 3 is 2.62 bits per heavy atom. The van der Waals surface area contributed by atoms with Crippen molar-refractivity contribution in [1.82, 2.24) is 20.4 Å². The molecule has 0 bridgehead atoms. The lowest BCUT2D eigenvalue weighted by Crippen LogP contribution is -2.36. The van der Waals surface area contributed by atoms with Crippen LogP contribution in [0.2, 0.25) is 0 Å². The third kappa shape index (κ3) is 6.30. The van der Waals surface area contributed by atoms with E-state index in [4.69, 9.17) is 0 Å². The number of benzene rings is 1. The topological polar surface area (TPSA) is 63.5 Å². The van der Waals surface area contributed by atoms with E-state index in [-0.39, 0.29) is 29.7 Å². The number of hydrogen-bond acceptors (Lipinski definition) is 3. The summed E-state index contributed by atoms with van der Waals surface area (Å²) in [5.41, 5.74) is 1.63. The molecular weight excluding hydrogens is 431 g/mol. The largest absolute Gasteiger partial charge is 0.434 e. The lowest BCUT2D eigenvalue weighted by molar-refractivity contribution is -0.0504. The Labute approximate surface area is 156 Å². The summed E-state index contributed by atoms with van der Waals surface area (Å²) in [5, 5.41) is 10.3. The molecule has 0 radical (unpaired) electrons. The minimum absolute atomic E-state index is 0. The quantitative estimate of drug-likeness (QED) is 0.403. The van der Waals surface area contributed by atoms with Crippen LogP contribution in [0.4, 0.5) is 8.78 Å². The Morgan fingerprint density at radius 2 is 2.00 bits per heavy atom. The van der Waals surface area contributed by atoms with Crippen molar-refractivity contribution in [2.75, 3.05) is 7.05 Å². The normalized spacial score (nSPS) is 11.1. The van der Waals surface area contributed by atoms with Crippen molar-refractivity contribution in [1.29, 1.82) is 0 Å². The average Bonchev–Trinajstić information content (AvgIpc) is 2.94. The predicted octanol–water partition coefficient (Wildman–Crippen LogP) is 2.50. The second kappa shape index (κ2) is 10.1. The summed E-state index contributed by atoms with van der Waals surface area (Å²) in [7, 11) is 3.48. The van der Waals surface area contributed by atoms with E-state index < -0.39 is 6.61 Å². The van der Waals surface area contributed by atoms with Crippen LogP contribution in [-0.2, 0) is 20.1 Å². The van der Waals surface area contributed by atoms with Crippen molar-refractivity contribution in [3.8, 4) is 5.75 Å². The molecule has 0 aliphatic heterocycles. The molecule has 9 heteroatoms. The van der Waals surface area contributed by atoms with Gasteiger partial charge in [-0.25, -0.2) is 0 Å². The standard InChI is InChI=1S/C15H19F2N5O.HI/c1-18-15(19-7-11-8-21-22(2)10-11)20-9-12-5-3-4-6-13(12)23-14(16)17;/h3-6,8,10,14H,7,9H2,1-2H3,(H2,18,19,20);1H. The number of alkyl halides is 2. The monoisotopic (exact) mass is 451 g/mol. The first-order chi connectivity index (χ1) is 11.1. The fourth-order valence-corrected chi connectivity index (χ4v) is 2.01. The van der Waals surface area contributed by atoms with Gasteiger partial charge in [-0.05, 0) is 6.07 Å². The van der Waals surface area contributed by atoms with Crippen molar-refractivity contribution >= 4 is 29.9 Å². The van der Waals surface area contributed by atoms with Crippen LogP contribution in [0.5, 0.6) is 5.75 Å². The minimum Gasteiger partial charge on any atom is -0.434 e. The van der Waals surface area contributed by atoms with Gasteiger partial charge in [0, 0.05) is 44.5 Å². The molecule has 0 saturated carbocycles. The first kappa shape index (κ1) is 20.1. The Hall–Kier alpha value is -1.91. The van der Waals surface area contributed by atoms with Crippen molar-refractivity contribution in [2.24, 2.45) is 12.0 Å². The highest BCUT2D eigenvalue weighted by Gasteiger charge is 2.09. The van der Waals surface area contributed by atoms with Crippen LogP contribution in [0, 0.1) is 0 Å². The Balaban J connectivity index is 0.00000288. The zero-order valence-electron chi connectivity index (χ0n) is 13.4. The molecule has 1 heterocycles. The van der Waals surface area contributed by atoms with E-state index in [1.807, 2.05) is 13.2 Å². The summed E-state index contributed by atoms with van der Waals surface area (Å²) >= 11 is 0. The van der Waals surface area contributed by atoms with Crippen molar-refractivity contribution < 1.29 is 13.5 Å². The molecule has 6 nitrogen and oxygen atoms in total. The summed E-state index contributed by atoms with van der Waals surface area (Å²) in [6.45, 7) is -1.97. The molecule has 2 N–H and O–H groups in total. The first-order valence-corrected chi connectivity index (χ1v) is 7.03. The molecule has 0 amide bonds. The zero-order chi connectivity index (χ0) is 16.7. The Bertz CT molecular complexity index is 663. The Kier molecular flexibility index (Phi) is 8.44. The van der Waals surface area contributed by atoms with Gasteiger partial charge >= 0.3 is 6.61 Å². The van der Waals surface area contributed by atoms with Gasteiger partial charge in [0.15, 0.2) is 5.96 Å². The molecule has 0 aliphatic carbocycles. The number of guanidine groups is 1. The number of nitrogens with zero attached hydrogens (tertiary/aromatic N) is 3. The number of aromatic nitrogens is 2. The van der Waals surface area contributed by atoms with Gasteiger partial charge in [0.1, 0.15) is 5.75 Å². The molecule has 0 saturated heterocycles. The smallest absolute Gasteiger partial charge is 0.387 e. The van der Waals surface area contributed by atoms with Gasteiger partial charge in [-0.15, -0.1) is 24.0 Å². The highest BCUT2D eigenvalue weighted by molar-refractivity contribution is 14.0. The number of nitrogens with one attached hydrogen (secondary N) is 2. The van der Waals surface area contributed by atoms with Crippen LogP contribution in [0.1, 0.15) is 11.1 Å². The molecule has 24 heavy (non-hydrogen) atoms. The highest BCUT2D eigenvalue weighted by Crippen LogP contribution is 2.19. The second-order valence-electron chi connectivity index (χ2n) is 4.79. The summed E-state index contributed by atoms with van der Waals surface area (Å²) in [6.07, 6.45) is 3.65. The van der Waals surface area contributed by atoms with Gasteiger partial charge in [0.25, 0.3) is 0 Å². The lowest BCUT2D eigenvalue weighted by atomic mass is 10.2. The maximum absolute atomic E-state index is 12.4. The molecule has 0 atom stereocenters. The van der Waals surface area contributed by atoms with Crippen LogP contribution in [0.15, 0.2) is 41.7 Å². The van der Waals surface area contributed by atoms with Crippen LogP contribution < -0.4 is 15.4 Å². The van der Waals surface area contributed by atoms with E-state index in [1.54, 1.807) is 36.1 Å². The highest BCUT2D eigenvalue weighted by atomic mass is 127. The third-order valence-electron chi connectivity index (χ3n) is 3.08. The van der Waals surface area contributed by atoms with E-state index in [0.717, 1.165) is 5.56 Å². The fourth-order valence-electron chi connectivity index (χ4n) is 2.01. The van der Waals surface area contributed by atoms with Gasteiger partial charge in [-0.2, -0.15) is 13.9 Å². The minimum atomic E-state index is -2.85. The maximum Gasteiger partial charge on any atom is 0.387 e. The van der Waals surface area contributed by atoms with E-state index >= 15 is 0 Å². The van der Waals surface area contributed by atoms with Crippen LogP contribution in [0.3, 0.4) is 0 Å². The number of aryl methyl sites for hydroxylation is 1. The maximum atomic E-state index is 12.4. The molecule has 2 aromatic rings. The number of para-hydroxylation sites is 1. The fraction of sp³-hybridized carbons (Fsp3) is 0.333.